The molecule has 110 valence electrons. The number of nitrogens with one attached hydrogen (secondary N) is 1. The fourth-order valence-electron chi connectivity index (χ4n) is 1.29. The van der Waals surface area contributed by atoms with E-state index in [-0.39, 0.29) is 10.7 Å². The van der Waals surface area contributed by atoms with Gasteiger partial charge in [-0.3, -0.25) is 4.79 Å². The zero-order valence-corrected chi connectivity index (χ0v) is 11.3. The van der Waals surface area contributed by atoms with Gasteiger partial charge in [0.2, 0.25) is 0 Å². The highest BCUT2D eigenvalue weighted by Crippen LogP contribution is 2.27. The number of nitrogens with zero attached hydrogens (tertiary/aromatic N) is 1. The number of anilines is 1. The molecule has 1 aromatic carbocycles. The predicted octanol–water partition coefficient (Wildman–Crippen LogP) is 3.43. The first kappa shape index (κ1) is 16.3. The smallest absolute Gasteiger partial charge is 0.383 e. The lowest BCUT2D eigenvalue weighted by Gasteiger charge is -2.15. The number of halogens is 5. The molecular formula is C12H11ClF4N2O. The van der Waals surface area contributed by atoms with Gasteiger partial charge in [0.1, 0.15) is 11.4 Å². The van der Waals surface area contributed by atoms with Crippen LogP contribution in [0.4, 0.5) is 23.2 Å². The number of rotatable bonds is 3. The molecule has 1 amide bonds. The predicted molar refractivity (Wildman–Crippen MR) is 67.9 cm³/mol. The van der Waals surface area contributed by atoms with Crippen LogP contribution in [0.2, 0.25) is 5.02 Å². The maximum atomic E-state index is 12.9. The van der Waals surface area contributed by atoms with E-state index in [1.54, 1.807) is 0 Å². The van der Waals surface area contributed by atoms with E-state index >= 15 is 0 Å². The van der Waals surface area contributed by atoms with Gasteiger partial charge in [-0.15, -0.1) is 0 Å². The Labute approximate surface area is 117 Å². The molecule has 0 radical (unpaired) electrons. The van der Waals surface area contributed by atoms with Gasteiger partial charge in [-0.05, 0) is 18.2 Å². The van der Waals surface area contributed by atoms with E-state index in [9.17, 15) is 22.4 Å². The first-order valence-electron chi connectivity index (χ1n) is 5.33. The van der Waals surface area contributed by atoms with Gasteiger partial charge in [-0.2, -0.15) is 13.2 Å². The summed E-state index contributed by atoms with van der Waals surface area (Å²) < 4.78 is 51.1. The number of carbonyl (C=O) groups is 1. The van der Waals surface area contributed by atoms with Crippen LogP contribution in [0.1, 0.15) is 0 Å². The van der Waals surface area contributed by atoms with Crippen LogP contribution in [0.5, 0.6) is 0 Å². The van der Waals surface area contributed by atoms with E-state index in [2.05, 4.69) is 0 Å². The molecule has 0 spiro atoms. The molecule has 20 heavy (non-hydrogen) atoms. The minimum atomic E-state index is -4.81. The monoisotopic (exact) mass is 310 g/mol. The average molecular weight is 311 g/mol. The van der Waals surface area contributed by atoms with E-state index in [0.717, 1.165) is 23.1 Å². The van der Waals surface area contributed by atoms with Crippen molar-refractivity contribution in [2.45, 2.75) is 6.18 Å². The van der Waals surface area contributed by atoms with E-state index in [4.69, 9.17) is 11.6 Å². The van der Waals surface area contributed by atoms with Crippen LogP contribution in [0, 0.1) is 5.82 Å². The number of amides is 1. The molecule has 8 heteroatoms. The summed E-state index contributed by atoms with van der Waals surface area (Å²) in [4.78, 5) is 12.7. The first-order valence-corrected chi connectivity index (χ1v) is 5.71. The molecule has 0 bridgehead atoms. The van der Waals surface area contributed by atoms with Crippen LogP contribution in [-0.2, 0) is 4.79 Å². The van der Waals surface area contributed by atoms with Crippen molar-refractivity contribution in [3.8, 4) is 0 Å². The van der Waals surface area contributed by atoms with Crippen molar-refractivity contribution in [2.24, 2.45) is 0 Å². The Hall–Kier alpha value is -1.76. The highest BCUT2D eigenvalue weighted by molar-refractivity contribution is 6.31. The van der Waals surface area contributed by atoms with Crippen LogP contribution >= 0.6 is 11.6 Å². The Bertz CT molecular complexity index is 541. The third-order valence-corrected chi connectivity index (χ3v) is 2.40. The molecule has 0 saturated heterocycles. The Balaban J connectivity index is 3.00. The largest absolute Gasteiger partial charge is 0.423 e. The summed E-state index contributed by atoms with van der Waals surface area (Å²) in [5.74, 6) is -2.08. The maximum Gasteiger partial charge on any atom is 0.423 e. The molecule has 1 rings (SSSR count). The molecular weight excluding hydrogens is 300 g/mol. The van der Waals surface area contributed by atoms with Gasteiger partial charge < -0.3 is 10.2 Å². The summed E-state index contributed by atoms with van der Waals surface area (Å²) in [7, 11) is 2.71. The average Bonchev–Trinajstić information content (AvgIpc) is 2.29. The summed E-state index contributed by atoms with van der Waals surface area (Å²) in [5.41, 5.74) is -1.40. The standard InChI is InChI=1S/C12H11ClF4N2O/c1-19(2)6-8(12(15,16)17)11(20)18-7-3-4-10(14)9(13)5-7/h3-6H,1-2H3,(H,18,20). The van der Waals surface area contributed by atoms with E-state index in [0.29, 0.717) is 6.20 Å². The molecule has 0 aromatic heterocycles. The lowest BCUT2D eigenvalue weighted by molar-refractivity contribution is -0.126. The van der Waals surface area contributed by atoms with Gasteiger partial charge in [-0.25, -0.2) is 4.39 Å². The van der Waals surface area contributed by atoms with E-state index in [1.165, 1.54) is 14.1 Å². The van der Waals surface area contributed by atoms with Crippen LogP contribution in [0.3, 0.4) is 0 Å². The van der Waals surface area contributed by atoms with Gasteiger partial charge in [0.25, 0.3) is 5.91 Å². The van der Waals surface area contributed by atoms with E-state index in [1.807, 2.05) is 5.32 Å². The zero-order valence-electron chi connectivity index (χ0n) is 10.6. The van der Waals surface area contributed by atoms with Crippen LogP contribution in [-0.4, -0.2) is 31.1 Å². The summed E-state index contributed by atoms with van der Waals surface area (Å²) in [5, 5.41) is 1.72. The van der Waals surface area contributed by atoms with Gasteiger partial charge in [0.15, 0.2) is 0 Å². The minimum absolute atomic E-state index is 0.0321. The van der Waals surface area contributed by atoms with Crippen molar-refractivity contribution in [2.75, 3.05) is 19.4 Å². The van der Waals surface area contributed by atoms with Crippen LogP contribution in [0.25, 0.3) is 0 Å². The molecule has 0 aliphatic heterocycles. The van der Waals surface area contributed by atoms with Crippen LogP contribution in [0.15, 0.2) is 30.0 Å². The lowest BCUT2D eigenvalue weighted by atomic mass is 10.2. The second kappa shape index (κ2) is 6.13. The fraction of sp³-hybridized carbons (Fsp3) is 0.250. The SMILES string of the molecule is CN(C)C=C(C(=O)Nc1ccc(F)c(Cl)c1)C(F)(F)F. The molecule has 3 nitrogen and oxygen atoms in total. The third-order valence-electron chi connectivity index (χ3n) is 2.11. The quantitative estimate of drug-likeness (QED) is 0.685. The second-order valence-corrected chi connectivity index (χ2v) is 4.49. The van der Waals surface area contributed by atoms with Crippen molar-refractivity contribution in [3.05, 3.63) is 40.8 Å². The minimum Gasteiger partial charge on any atom is -0.383 e. The molecule has 0 atom stereocenters. The van der Waals surface area contributed by atoms with Crippen LogP contribution < -0.4 is 5.32 Å². The van der Waals surface area contributed by atoms with Gasteiger partial charge in [0.05, 0.1) is 5.02 Å². The number of alkyl halides is 3. The Morgan fingerprint density at radius 2 is 1.95 bits per heavy atom. The maximum absolute atomic E-state index is 12.9. The molecule has 0 aliphatic rings. The molecule has 0 unspecified atom stereocenters. The van der Waals surface area contributed by atoms with Crippen molar-refractivity contribution >= 4 is 23.2 Å². The highest BCUT2D eigenvalue weighted by Gasteiger charge is 2.39. The number of carbonyl (C=O) groups excluding carboxylic acids is 1. The number of benzene rings is 1. The Morgan fingerprint density at radius 3 is 2.40 bits per heavy atom. The van der Waals surface area contributed by atoms with Gasteiger partial charge in [-0.1, -0.05) is 11.6 Å². The first-order chi connectivity index (χ1) is 9.11. The Morgan fingerprint density at radius 1 is 1.35 bits per heavy atom. The summed E-state index contributed by atoms with van der Waals surface area (Å²) in [6.45, 7) is 0. The molecule has 0 heterocycles. The summed E-state index contributed by atoms with van der Waals surface area (Å²) >= 11 is 5.48. The number of hydrogen-bond acceptors (Lipinski definition) is 2. The number of hydrogen-bond donors (Lipinski definition) is 1. The van der Waals surface area contributed by atoms with Crippen molar-refractivity contribution in [3.63, 3.8) is 0 Å². The summed E-state index contributed by atoms with van der Waals surface area (Å²) in [6, 6.07) is 3.09. The topological polar surface area (TPSA) is 32.3 Å². The Kier molecular flexibility index (Phi) is 4.99. The fourth-order valence-corrected chi connectivity index (χ4v) is 1.47. The van der Waals surface area contributed by atoms with Crippen molar-refractivity contribution in [1.29, 1.82) is 0 Å². The molecule has 0 fully saturated rings. The van der Waals surface area contributed by atoms with Gasteiger partial charge >= 0.3 is 6.18 Å². The molecule has 1 aromatic rings. The molecule has 0 saturated carbocycles. The second-order valence-electron chi connectivity index (χ2n) is 4.09. The molecule has 0 aliphatic carbocycles. The summed E-state index contributed by atoms with van der Waals surface area (Å²) in [6.07, 6.45) is -4.15. The zero-order chi connectivity index (χ0) is 15.5. The molecule has 1 N–H and O–H groups in total. The van der Waals surface area contributed by atoms with Gasteiger partial charge in [0, 0.05) is 26.0 Å². The lowest BCUT2D eigenvalue weighted by Crippen LogP contribution is -2.27. The third kappa shape index (κ3) is 4.41. The van der Waals surface area contributed by atoms with E-state index < -0.39 is 23.5 Å². The van der Waals surface area contributed by atoms with Crippen molar-refractivity contribution < 1.29 is 22.4 Å². The van der Waals surface area contributed by atoms with Crippen molar-refractivity contribution in [1.82, 2.24) is 4.90 Å². The highest BCUT2D eigenvalue weighted by atomic mass is 35.5. The normalized spacial score (nSPS) is 12.2.